The minimum Gasteiger partial charge on any atom is -0.480 e. The summed E-state index contributed by atoms with van der Waals surface area (Å²) in [6, 6.07) is 10.8. The number of carbonyl (C=O) groups excluding carboxylic acids is 1. The summed E-state index contributed by atoms with van der Waals surface area (Å²) >= 11 is 0. The van der Waals surface area contributed by atoms with Crippen molar-refractivity contribution in [1.29, 1.82) is 5.26 Å². The lowest BCUT2D eigenvalue weighted by atomic mass is 10.0. The number of methoxy groups -OCH3 is 1. The first-order valence-corrected chi connectivity index (χ1v) is 5.28. The molecule has 18 heavy (non-hydrogen) atoms. The van der Waals surface area contributed by atoms with Crippen molar-refractivity contribution in [3.8, 4) is 23.1 Å². The molecule has 0 atom stereocenters. The molecule has 4 nitrogen and oxygen atoms in total. The van der Waals surface area contributed by atoms with Gasteiger partial charge in [-0.2, -0.15) is 5.26 Å². The van der Waals surface area contributed by atoms with Crippen LogP contribution < -0.4 is 4.74 Å². The van der Waals surface area contributed by atoms with E-state index < -0.39 is 0 Å². The summed E-state index contributed by atoms with van der Waals surface area (Å²) in [7, 11) is 1.47. The predicted molar refractivity (Wildman–Crippen MR) is 66.3 cm³/mol. The SMILES string of the molecule is COc1ncc(-c2ccc(C#N)cc2)cc1C=O. The lowest BCUT2D eigenvalue weighted by molar-refractivity contribution is 0.112. The number of ether oxygens (including phenoxy) is 1. The van der Waals surface area contributed by atoms with E-state index in [-0.39, 0.29) is 0 Å². The van der Waals surface area contributed by atoms with Crippen molar-refractivity contribution in [1.82, 2.24) is 4.98 Å². The van der Waals surface area contributed by atoms with Crippen LogP contribution in [0.25, 0.3) is 11.1 Å². The molecule has 0 aliphatic heterocycles. The Hall–Kier alpha value is -2.67. The van der Waals surface area contributed by atoms with Crippen LogP contribution in [-0.2, 0) is 0 Å². The van der Waals surface area contributed by atoms with Gasteiger partial charge in [0.25, 0.3) is 0 Å². The van der Waals surface area contributed by atoms with Gasteiger partial charge >= 0.3 is 0 Å². The molecule has 0 N–H and O–H groups in total. The number of nitrogens with zero attached hydrogens (tertiary/aromatic N) is 2. The summed E-state index contributed by atoms with van der Waals surface area (Å²) in [4.78, 5) is 15.0. The first-order chi connectivity index (χ1) is 8.78. The highest BCUT2D eigenvalue weighted by atomic mass is 16.5. The average molecular weight is 238 g/mol. The maximum atomic E-state index is 10.9. The van der Waals surface area contributed by atoms with E-state index in [4.69, 9.17) is 10.00 Å². The van der Waals surface area contributed by atoms with Gasteiger partial charge in [-0.15, -0.1) is 0 Å². The summed E-state index contributed by atoms with van der Waals surface area (Å²) in [5.74, 6) is 0.308. The first kappa shape index (κ1) is 11.8. The summed E-state index contributed by atoms with van der Waals surface area (Å²) in [6.45, 7) is 0. The molecule has 2 aromatic rings. The molecule has 4 heteroatoms. The lowest BCUT2D eigenvalue weighted by Gasteiger charge is -2.05. The average Bonchev–Trinajstić information content (AvgIpc) is 2.46. The van der Waals surface area contributed by atoms with E-state index in [1.165, 1.54) is 7.11 Å². The molecule has 0 amide bonds. The van der Waals surface area contributed by atoms with Crippen molar-refractivity contribution in [2.24, 2.45) is 0 Å². The van der Waals surface area contributed by atoms with Crippen LogP contribution in [0, 0.1) is 11.3 Å². The number of nitriles is 1. The van der Waals surface area contributed by atoms with Gasteiger partial charge in [0.05, 0.1) is 24.3 Å². The van der Waals surface area contributed by atoms with Gasteiger partial charge in [0.2, 0.25) is 5.88 Å². The van der Waals surface area contributed by atoms with Crippen LogP contribution in [-0.4, -0.2) is 18.4 Å². The van der Waals surface area contributed by atoms with Gasteiger partial charge in [-0.05, 0) is 23.8 Å². The number of aromatic nitrogens is 1. The third-order valence-electron chi connectivity index (χ3n) is 2.55. The van der Waals surface area contributed by atoms with Crippen LogP contribution in [0.15, 0.2) is 36.5 Å². The van der Waals surface area contributed by atoms with E-state index in [9.17, 15) is 4.79 Å². The van der Waals surface area contributed by atoms with Crippen molar-refractivity contribution >= 4 is 6.29 Å². The predicted octanol–water partition coefficient (Wildman–Crippen LogP) is 2.44. The van der Waals surface area contributed by atoms with Gasteiger partial charge < -0.3 is 4.74 Å². The van der Waals surface area contributed by atoms with Gasteiger partial charge in [-0.1, -0.05) is 12.1 Å². The van der Waals surface area contributed by atoms with Crippen LogP contribution in [0.1, 0.15) is 15.9 Å². The molecule has 0 bridgehead atoms. The molecule has 0 aliphatic carbocycles. The third-order valence-corrected chi connectivity index (χ3v) is 2.55. The van der Waals surface area contributed by atoms with Gasteiger partial charge in [0.1, 0.15) is 0 Å². The fourth-order valence-corrected chi connectivity index (χ4v) is 1.62. The highest BCUT2D eigenvalue weighted by molar-refractivity contribution is 5.81. The molecule has 0 fully saturated rings. The monoisotopic (exact) mass is 238 g/mol. The third kappa shape index (κ3) is 2.20. The standard InChI is InChI=1S/C14H10N2O2/c1-18-14-13(9-17)6-12(8-16-14)11-4-2-10(7-15)3-5-11/h2-6,8-9H,1H3. The summed E-state index contributed by atoms with van der Waals surface area (Å²) in [5.41, 5.74) is 2.70. The van der Waals surface area contributed by atoms with E-state index in [2.05, 4.69) is 11.1 Å². The molecule has 0 aliphatic rings. The Morgan fingerprint density at radius 2 is 2.00 bits per heavy atom. The van der Waals surface area contributed by atoms with Crippen LogP contribution >= 0.6 is 0 Å². The van der Waals surface area contributed by atoms with E-state index in [1.807, 2.05) is 12.1 Å². The molecular formula is C14H10N2O2. The van der Waals surface area contributed by atoms with Gasteiger partial charge in [0, 0.05) is 11.8 Å². The number of hydrogen-bond acceptors (Lipinski definition) is 4. The molecule has 2 rings (SSSR count). The minimum absolute atomic E-state index is 0.308. The molecular weight excluding hydrogens is 228 g/mol. The molecule has 0 radical (unpaired) electrons. The number of benzene rings is 1. The maximum absolute atomic E-state index is 10.9. The molecule has 0 saturated heterocycles. The Bertz CT molecular complexity index is 613. The number of aldehydes is 1. The Kier molecular flexibility index (Phi) is 3.35. The van der Waals surface area contributed by atoms with Crippen LogP contribution in [0.5, 0.6) is 5.88 Å². The molecule has 0 unspecified atom stereocenters. The number of hydrogen-bond donors (Lipinski definition) is 0. The molecule has 1 aromatic carbocycles. The highest BCUT2D eigenvalue weighted by Gasteiger charge is 2.06. The normalized spacial score (nSPS) is 9.56. The van der Waals surface area contributed by atoms with Crippen LogP contribution in [0.3, 0.4) is 0 Å². The zero-order chi connectivity index (χ0) is 13.0. The first-order valence-electron chi connectivity index (χ1n) is 5.28. The quantitative estimate of drug-likeness (QED) is 0.770. The van der Waals surface area contributed by atoms with Gasteiger partial charge in [0.15, 0.2) is 6.29 Å². The molecule has 1 heterocycles. The van der Waals surface area contributed by atoms with Crippen LogP contribution in [0.4, 0.5) is 0 Å². The number of rotatable bonds is 3. The van der Waals surface area contributed by atoms with E-state index in [0.717, 1.165) is 11.1 Å². The van der Waals surface area contributed by atoms with Crippen molar-refractivity contribution in [2.45, 2.75) is 0 Å². The van der Waals surface area contributed by atoms with Crippen molar-refractivity contribution in [3.63, 3.8) is 0 Å². The Labute approximate surface area is 104 Å². The summed E-state index contributed by atoms with van der Waals surface area (Å²) in [5, 5.41) is 8.72. The van der Waals surface area contributed by atoms with E-state index >= 15 is 0 Å². The molecule has 0 saturated carbocycles. The van der Waals surface area contributed by atoms with Crippen molar-refractivity contribution in [2.75, 3.05) is 7.11 Å². The fourth-order valence-electron chi connectivity index (χ4n) is 1.62. The fraction of sp³-hybridized carbons (Fsp3) is 0.0714. The van der Waals surface area contributed by atoms with Crippen molar-refractivity contribution < 1.29 is 9.53 Å². The summed E-state index contributed by atoms with van der Waals surface area (Å²) < 4.78 is 4.98. The smallest absolute Gasteiger partial charge is 0.223 e. The van der Waals surface area contributed by atoms with E-state index in [0.29, 0.717) is 23.3 Å². The molecule has 1 aromatic heterocycles. The van der Waals surface area contributed by atoms with Gasteiger partial charge in [-0.3, -0.25) is 4.79 Å². The largest absolute Gasteiger partial charge is 0.480 e. The topological polar surface area (TPSA) is 63.0 Å². The number of carbonyl (C=O) groups is 1. The maximum Gasteiger partial charge on any atom is 0.223 e. The second-order valence-electron chi connectivity index (χ2n) is 3.63. The zero-order valence-electron chi connectivity index (χ0n) is 9.75. The van der Waals surface area contributed by atoms with E-state index in [1.54, 1.807) is 24.4 Å². The highest BCUT2D eigenvalue weighted by Crippen LogP contribution is 2.23. The second-order valence-corrected chi connectivity index (χ2v) is 3.63. The Morgan fingerprint density at radius 1 is 1.28 bits per heavy atom. The molecule has 0 spiro atoms. The van der Waals surface area contributed by atoms with Gasteiger partial charge in [-0.25, -0.2) is 4.98 Å². The summed E-state index contributed by atoms with van der Waals surface area (Å²) in [6.07, 6.45) is 2.34. The van der Waals surface area contributed by atoms with Crippen molar-refractivity contribution in [3.05, 3.63) is 47.7 Å². The lowest BCUT2D eigenvalue weighted by Crippen LogP contribution is -1.94. The second kappa shape index (κ2) is 5.11. The van der Waals surface area contributed by atoms with Crippen LogP contribution in [0.2, 0.25) is 0 Å². The Morgan fingerprint density at radius 3 is 2.56 bits per heavy atom. The Balaban J connectivity index is 2.44. The zero-order valence-corrected chi connectivity index (χ0v) is 9.75. The number of pyridine rings is 1. The molecule has 88 valence electrons. The minimum atomic E-state index is 0.308.